The van der Waals surface area contributed by atoms with E-state index in [0.29, 0.717) is 17.6 Å². The minimum atomic E-state index is -0.167. The molecule has 2 heterocycles. The Labute approximate surface area is 93.9 Å². The van der Waals surface area contributed by atoms with Crippen LogP contribution >= 0.6 is 11.6 Å². The zero-order chi connectivity index (χ0) is 10.8. The van der Waals surface area contributed by atoms with Crippen LogP contribution in [0.25, 0.3) is 0 Å². The molecule has 1 aromatic heterocycles. The molecular formula is C10H15ClN2O2. The van der Waals surface area contributed by atoms with E-state index in [1.165, 1.54) is 0 Å². The van der Waals surface area contributed by atoms with Crippen LogP contribution in [0.5, 0.6) is 0 Å². The molecule has 1 saturated heterocycles. The number of aromatic nitrogens is 2. The molecule has 3 unspecified atom stereocenters. The second-order valence-electron chi connectivity index (χ2n) is 3.92. The SMILES string of the molecule is CCC(Cl)c1noc(C2OCCC2C)n1. The first-order valence-corrected chi connectivity index (χ1v) is 5.75. The first-order chi connectivity index (χ1) is 7.22. The Bertz CT molecular complexity index is 329. The Hall–Kier alpha value is -0.610. The normalized spacial score (nSPS) is 28.2. The fourth-order valence-electron chi connectivity index (χ4n) is 1.68. The van der Waals surface area contributed by atoms with E-state index in [4.69, 9.17) is 20.9 Å². The highest BCUT2D eigenvalue weighted by molar-refractivity contribution is 6.20. The van der Waals surface area contributed by atoms with Gasteiger partial charge in [-0.3, -0.25) is 0 Å². The van der Waals surface area contributed by atoms with Crippen molar-refractivity contribution in [3.63, 3.8) is 0 Å². The molecule has 84 valence electrons. The third-order valence-electron chi connectivity index (χ3n) is 2.73. The van der Waals surface area contributed by atoms with Crippen molar-refractivity contribution in [1.82, 2.24) is 10.1 Å². The Morgan fingerprint density at radius 1 is 1.60 bits per heavy atom. The summed E-state index contributed by atoms with van der Waals surface area (Å²) in [4.78, 5) is 4.28. The monoisotopic (exact) mass is 230 g/mol. The number of hydrogen-bond donors (Lipinski definition) is 0. The van der Waals surface area contributed by atoms with E-state index >= 15 is 0 Å². The highest BCUT2D eigenvalue weighted by Gasteiger charge is 2.31. The Kier molecular flexibility index (Phi) is 3.26. The van der Waals surface area contributed by atoms with Crippen LogP contribution in [0.3, 0.4) is 0 Å². The molecule has 0 amide bonds. The van der Waals surface area contributed by atoms with Gasteiger partial charge in [0.05, 0.1) is 5.38 Å². The summed E-state index contributed by atoms with van der Waals surface area (Å²) >= 11 is 6.02. The van der Waals surface area contributed by atoms with Crippen molar-refractivity contribution >= 4 is 11.6 Å². The maximum absolute atomic E-state index is 6.02. The molecule has 0 N–H and O–H groups in total. The van der Waals surface area contributed by atoms with E-state index in [2.05, 4.69) is 17.1 Å². The van der Waals surface area contributed by atoms with Gasteiger partial charge in [-0.25, -0.2) is 0 Å². The highest BCUT2D eigenvalue weighted by Crippen LogP contribution is 2.33. The predicted molar refractivity (Wildman–Crippen MR) is 55.7 cm³/mol. The summed E-state index contributed by atoms with van der Waals surface area (Å²) in [7, 11) is 0. The molecule has 5 heteroatoms. The lowest BCUT2D eigenvalue weighted by Crippen LogP contribution is -2.04. The lowest BCUT2D eigenvalue weighted by molar-refractivity contribution is 0.0661. The second kappa shape index (κ2) is 4.49. The Morgan fingerprint density at radius 2 is 2.40 bits per heavy atom. The van der Waals surface area contributed by atoms with Gasteiger partial charge in [0.2, 0.25) is 0 Å². The van der Waals surface area contributed by atoms with Gasteiger partial charge in [0.15, 0.2) is 5.82 Å². The second-order valence-corrected chi connectivity index (χ2v) is 4.45. The number of nitrogens with zero attached hydrogens (tertiary/aromatic N) is 2. The van der Waals surface area contributed by atoms with Crippen LogP contribution < -0.4 is 0 Å². The van der Waals surface area contributed by atoms with Crippen molar-refractivity contribution in [2.45, 2.75) is 38.2 Å². The van der Waals surface area contributed by atoms with Crippen LogP contribution in [0.1, 0.15) is 49.9 Å². The summed E-state index contributed by atoms with van der Waals surface area (Å²) in [6.45, 7) is 4.88. The Morgan fingerprint density at radius 3 is 3.00 bits per heavy atom. The van der Waals surface area contributed by atoms with Gasteiger partial charge < -0.3 is 9.26 Å². The molecule has 0 bridgehead atoms. The highest BCUT2D eigenvalue weighted by atomic mass is 35.5. The zero-order valence-electron chi connectivity index (χ0n) is 8.94. The van der Waals surface area contributed by atoms with Crippen LogP contribution in [0.4, 0.5) is 0 Å². The first-order valence-electron chi connectivity index (χ1n) is 5.31. The van der Waals surface area contributed by atoms with Crippen molar-refractivity contribution in [1.29, 1.82) is 0 Å². The van der Waals surface area contributed by atoms with Gasteiger partial charge in [-0.1, -0.05) is 19.0 Å². The number of rotatable bonds is 3. The van der Waals surface area contributed by atoms with Gasteiger partial charge in [0.25, 0.3) is 5.89 Å². The number of ether oxygens (including phenoxy) is 1. The summed E-state index contributed by atoms with van der Waals surface area (Å²) in [6, 6.07) is 0. The first kappa shape index (κ1) is 10.9. The molecule has 0 spiro atoms. The maximum Gasteiger partial charge on any atom is 0.256 e. The topological polar surface area (TPSA) is 48.2 Å². The predicted octanol–water partition coefficient (Wildman–Crippen LogP) is 2.86. The summed E-state index contributed by atoms with van der Waals surface area (Å²) < 4.78 is 10.7. The smallest absolute Gasteiger partial charge is 0.256 e. The average Bonchev–Trinajstić information content (AvgIpc) is 2.84. The minimum Gasteiger partial charge on any atom is -0.368 e. The molecular weight excluding hydrogens is 216 g/mol. The molecule has 15 heavy (non-hydrogen) atoms. The van der Waals surface area contributed by atoms with Crippen molar-refractivity contribution < 1.29 is 9.26 Å². The van der Waals surface area contributed by atoms with Crippen LogP contribution in [0.2, 0.25) is 0 Å². The molecule has 0 radical (unpaired) electrons. The van der Waals surface area contributed by atoms with Crippen LogP contribution in [-0.4, -0.2) is 16.7 Å². The van der Waals surface area contributed by atoms with Crippen molar-refractivity contribution in [2.75, 3.05) is 6.61 Å². The maximum atomic E-state index is 6.02. The summed E-state index contributed by atoms with van der Waals surface area (Å²) in [6.07, 6.45) is 1.79. The van der Waals surface area contributed by atoms with Gasteiger partial charge in [0.1, 0.15) is 6.10 Å². The largest absolute Gasteiger partial charge is 0.368 e. The lowest BCUT2D eigenvalue weighted by atomic mass is 10.0. The van der Waals surface area contributed by atoms with Gasteiger partial charge in [-0.15, -0.1) is 11.6 Å². The van der Waals surface area contributed by atoms with E-state index in [0.717, 1.165) is 19.4 Å². The third-order valence-corrected chi connectivity index (χ3v) is 3.23. The van der Waals surface area contributed by atoms with E-state index in [1.54, 1.807) is 0 Å². The molecule has 0 aromatic carbocycles. The molecule has 4 nitrogen and oxygen atoms in total. The van der Waals surface area contributed by atoms with Gasteiger partial charge in [0, 0.05) is 6.61 Å². The lowest BCUT2D eigenvalue weighted by Gasteiger charge is -2.08. The summed E-state index contributed by atoms with van der Waals surface area (Å²) in [5.74, 6) is 1.57. The van der Waals surface area contributed by atoms with Gasteiger partial charge >= 0.3 is 0 Å². The fourth-order valence-corrected chi connectivity index (χ4v) is 1.77. The Balaban J connectivity index is 2.12. The van der Waals surface area contributed by atoms with E-state index in [1.807, 2.05) is 6.92 Å². The van der Waals surface area contributed by atoms with Crippen LogP contribution in [0, 0.1) is 5.92 Å². The number of halogens is 1. The van der Waals surface area contributed by atoms with E-state index in [-0.39, 0.29) is 11.5 Å². The third kappa shape index (κ3) is 2.16. The van der Waals surface area contributed by atoms with Crippen LogP contribution in [0.15, 0.2) is 4.52 Å². The number of hydrogen-bond acceptors (Lipinski definition) is 4. The molecule has 1 aliphatic heterocycles. The number of alkyl halides is 1. The van der Waals surface area contributed by atoms with E-state index in [9.17, 15) is 0 Å². The van der Waals surface area contributed by atoms with Gasteiger partial charge in [-0.05, 0) is 18.8 Å². The van der Waals surface area contributed by atoms with Crippen molar-refractivity contribution in [2.24, 2.45) is 5.92 Å². The molecule has 0 aliphatic carbocycles. The van der Waals surface area contributed by atoms with Crippen molar-refractivity contribution in [3.05, 3.63) is 11.7 Å². The van der Waals surface area contributed by atoms with Crippen LogP contribution in [-0.2, 0) is 4.74 Å². The molecule has 3 atom stereocenters. The molecule has 1 fully saturated rings. The standard InChI is InChI=1S/C10H15ClN2O2/c1-3-7(11)9-12-10(15-13-9)8-6(2)4-5-14-8/h6-8H,3-5H2,1-2H3. The zero-order valence-corrected chi connectivity index (χ0v) is 9.70. The van der Waals surface area contributed by atoms with Crippen molar-refractivity contribution in [3.8, 4) is 0 Å². The average molecular weight is 231 g/mol. The fraction of sp³-hybridized carbons (Fsp3) is 0.800. The molecule has 1 aromatic rings. The molecule has 2 rings (SSSR count). The van der Waals surface area contributed by atoms with E-state index < -0.39 is 0 Å². The summed E-state index contributed by atoms with van der Waals surface area (Å²) in [5, 5.41) is 3.70. The summed E-state index contributed by atoms with van der Waals surface area (Å²) in [5.41, 5.74) is 0. The molecule has 0 saturated carbocycles. The minimum absolute atomic E-state index is 0.0491. The molecule has 1 aliphatic rings. The van der Waals surface area contributed by atoms with Gasteiger partial charge in [-0.2, -0.15) is 4.98 Å². The quantitative estimate of drug-likeness (QED) is 0.750.